The van der Waals surface area contributed by atoms with Crippen molar-refractivity contribution in [3.8, 4) is 11.5 Å². The Labute approximate surface area is 149 Å². The second kappa shape index (κ2) is 8.17. The van der Waals surface area contributed by atoms with Gasteiger partial charge in [-0.2, -0.15) is 0 Å². The predicted molar refractivity (Wildman–Crippen MR) is 99.7 cm³/mol. The first kappa shape index (κ1) is 17.5. The molecule has 0 spiro atoms. The molecule has 25 heavy (non-hydrogen) atoms. The van der Waals surface area contributed by atoms with Crippen LogP contribution in [0.1, 0.15) is 30.9 Å². The molecule has 1 aliphatic rings. The van der Waals surface area contributed by atoms with Crippen LogP contribution >= 0.6 is 0 Å². The lowest BCUT2D eigenvalue weighted by Gasteiger charge is -2.27. The number of nitrogens with one attached hydrogen (secondary N) is 2. The summed E-state index contributed by atoms with van der Waals surface area (Å²) in [6.07, 6.45) is 1.80. The Hall–Kier alpha value is -2.33. The summed E-state index contributed by atoms with van der Waals surface area (Å²) < 4.78 is 6.02. The molecule has 0 radical (unpaired) electrons. The molecule has 4 heteroatoms. The first-order chi connectivity index (χ1) is 12.1. The van der Waals surface area contributed by atoms with Crippen LogP contribution in [0.15, 0.2) is 48.5 Å². The van der Waals surface area contributed by atoms with Crippen molar-refractivity contribution >= 4 is 5.91 Å². The Balaban J connectivity index is 1.66. The van der Waals surface area contributed by atoms with Crippen LogP contribution in [0.3, 0.4) is 0 Å². The van der Waals surface area contributed by atoms with Gasteiger partial charge in [-0.05, 0) is 57.0 Å². The maximum atomic E-state index is 12.5. The number of aryl methyl sites for hydroxylation is 1. The second-order valence-electron chi connectivity index (χ2n) is 6.82. The number of para-hydroxylation sites is 1. The molecule has 0 bridgehead atoms. The van der Waals surface area contributed by atoms with Crippen molar-refractivity contribution in [2.45, 2.75) is 39.3 Å². The minimum absolute atomic E-state index is 0.0974. The fourth-order valence-corrected chi connectivity index (χ4v) is 3.22. The highest BCUT2D eigenvalue weighted by molar-refractivity contribution is 5.78. The molecule has 2 atom stereocenters. The molecular weight excluding hydrogens is 312 g/mol. The Morgan fingerprint density at radius 1 is 1.24 bits per heavy atom. The van der Waals surface area contributed by atoms with Crippen LogP contribution in [0, 0.1) is 12.8 Å². The fourth-order valence-electron chi connectivity index (χ4n) is 3.22. The molecular formula is C21H26N2O2. The fraction of sp³-hybridized carbons (Fsp3) is 0.381. The minimum atomic E-state index is 0.0974. The zero-order chi connectivity index (χ0) is 17.6. The van der Waals surface area contributed by atoms with E-state index in [4.69, 9.17) is 4.74 Å². The van der Waals surface area contributed by atoms with Crippen LogP contribution < -0.4 is 15.4 Å². The average Bonchev–Trinajstić information content (AvgIpc) is 2.62. The summed E-state index contributed by atoms with van der Waals surface area (Å²) in [7, 11) is 0. The number of carbonyl (C=O) groups is 1. The number of amides is 1. The Morgan fingerprint density at radius 2 is 2.04 bits per heavy atom. The van der Waals surface area contributed by atoms with E-state index in [-0.39, 0.29) is 11.8 Å². The SMILES string of the molecule is Cc1ccc(CNC(=O)[C@H]2CCN[C@@H](C)C2)c(Oc2ccccc2)c1. The predicted octanol–water partition coefficient (Wildman–Crippen LogP) is 3.79. The van der Waals surface area contributed by atoms with E-state index in [1.54, 1.807) is 0 Å². The van der Waals surface area contributed by atoms with Gasteiger partial charge in [0, 0.05) is 24.1 Å². The largest absolute Gasteiger partial charge is 0.457 e. The Bertz CT molecular complexity index is 715. The van der Waals surface area contributed by atoms with E-state index in [1.165, 1.54) is 0 Å². The zero-order valence-corrected chi connectivity index (χ0v) is 14.9. The molecule has 4 nitrogen and oxygen atoms in total. The highest BCUT2D eigenvalue weighted by Gasteiger charge is 2.24. The van der Waals surface area contributed by atoms with Crippen LogP contribution in [0.5, 0.6) is 11.5 Å². The zero-order valence-electron chi connectivity index (χ0n) is 14.9. The van der Waals surface area contributed by atoms with Gasteiger partial charge in [-0.25, -0.2) is 0 Å². The van der Waals surface area contributed by atoms with Crippen molar-refractivity contribution in [1.29, 1.82) is 0 Å². The topological polar surface area (TPSA) is 50.4 Å². The first-order valence-electron chi connectivity index (χ1n) is 8.95. The summed E-state index contributed by atoms with van der Waals surface area (Å²) in [4.78, 5) is 12.5. The first-order valence-corrected chi connectivity index (χ1v) is 8.95. The highest BCUT2D eigenvalue weighted by Crippen LogP contribution is 2.26. The van der Waals surface area contributed by atoms with Crippen molar-refractivity contribution in [3.63, 3.8) is 0 Å². The molecule has 1 amide bonds. The number of hydrogen-bond donors (Lipinski definition) is 2. The van der Waals surface area contributed by atoms with E-state index < -0.39 is 0 Å². The summed E-state index contributed by atoms with van der Waals surface area (Å²) in [6.45, 7) is 5.56. The second-order valence-corrected chi connectivity index (χ2v) is 6.82. The van der Waals surface area contributed by atoms with Gasteiger partial charge in [0.05, 0.1) is 0 Å². The third-order valence-corrected chi connectivity index (χ3v) is 4.64. The average molecular weight is 338 g/mol. The van der Waals surface area contributed by atoms with Crippen molar-refractivity contribution in [3.05, 3.63) is 59.7 Å². The molecule has 3 rings (SSSR count). The minimum Gasteiger partial charge on any atom is -0.457 e. The summed E-state index contributed by atoms with van der Waals surface area (Å²) >= 11 is 0. The molecule has 2 aromatic rings. The van der Waals surface area contributed by atoms with Crippen LogP contribution in [-0.2, 0) is 11.3 Å². The molecule has 0 unspecified atom stereocenters. The van der Waals surface area contributed by atoms with Gasteiger partial charge in [0.2, 0.25) is 5.91 Å². The smallest absolute Gasteiger partial charge is 0.223 e. The maximum absolute atomic E-state index is 12.5. The highest BCUT2D eigenvalue weighted by atomic mass is 16.5. The molecule has 2 aromatic carbocycles. The summed E-state index contributed by atoms with van der Waals surface area (Å²) in [5.41, 5.74) is 2.12. The summed E-state index contributed by atoms with van der Waals surface area (Å²) in [5, 5.41) is 6.47. The molecule has 1 saturated heterocycles. The van der Waals surface area contributed by atoms with Crippen molar-refractivity contribution < 1.29 is 9.53 Å². The number of rotatable bonds is 5. The van der Waals surface area contributed by atoms with E-state index in [0.29, 0.717) is 12.6 Å². The van der Waals surface area contributed by atoms with Crippen LogP contribution in [0.2, 0.25) is 0 Å². The van der Waals surface area contributed by atoms with Crippen LogP contribution in [-0.4, -0.2) is 18.5 Å². The van der Waals surface area contributed by atoms with Gasteiger partial charge in [0.15, 0.2) is 0 Å². The monoisotopic (exact) mass is 338 g/mol. The lowest BCUT2D eigenvalue weighted by Crippen LogP contribution is -2.42. The molecule has 132 valence electrons. The normalized spacial score (nSPS) is 20.1. The van der Waals surface area contributed by atoms with Crippen LogP contribution in [0.25, 0.3) is 0 Å². The summed E-state index contributed by atoms with van der Waals surface area (Å²) in [5.74, 6) is 1.83. The molecule has 0 saturated carbocycles. The van der Waals surface area contributed by atoms with Crippen molar-refractivity contribution in [2.24, 2.45) is 5.92 Å². The van der Waals surface area contributed by atoms with E-state index in [9.17, 15) is 4.79 Å². The van der Waals surface area contributed by atoms with Gasteiger partial charge in [-0.3, -0.25) is 4.79 Å². The van der Waals surface area contributed by atoms with Gasteiger partial charge < -0.3 is 15.4 Å². The number of hydrogen-bond acceptors (Lipinski definition) is 3. The number of benzene rings is 2. The molecule has 1 fully saturated rings. The number of piperidine rings is 1. The lowest BCUT2D eigenvalue weighted by molar-refractivity contribution is -0.126. The van der Waals surface area contributed by atoms with E-state index in [1.807, 2.05) is 55.5 Å². The van der Waals surface area contributed by atoms with Gasteiger partial charge in [0.25, 0.3) is 0 Å². The Kier molecular flexibility index (Phi) is 5.71. The van der Waals surface area contributed by atoms with Gasteiger partial charge in [0.1, 0.15) is 11.5 Å². The molecule has 2 N–H and O–H groups in total. The van der Waals surface area contributed by atoms with Crippen molar-refractivity contribution in [1.82, 2.24) is 10.6 Å². The lowest BCUT2D eigenvalue weighted by atomic mass is 9.92. The van der Waals surface area contributed by atoms with Gasteiger partial charge in [-0.15, -0.1) is 0 Å². The van der Waals surface area contributed by atoms with E-state index in [2.05, 4.69) is 17.6 Å². The van der Waals surface area contributed by atoms with Gasteiger partial charge >= 0.3 is 0 Å². The van der Waals surface area contributed by atoms with E-state index in [0.717, 1.165) is 42.0 Å². The third kappa shape index (κ3) is 4.83. The third-order valence-electron chi connectivity index (χ3n) is 4.64. The van der Waals surface area contributed by atoms with Gasteiger partial charge in [-0.1, -0.05) is 30.3 Å². The summed E-state index contributed by atoms with van der Waals surface area (Å²) in [6, 6.07) is 16.2. The Morgan fingerprint density at radius 3 is 2.80 bits per heavy atom. The quantitative estimate of drug-likeness (QED) is 0.872. The molecule has 0 aromatic heterocycles. The molecule has 1 aliphatic heterocycles. The number of ether oxygens (including phenoxy) is 1. The molecule has 1 heterocycles. The van der Waals surface area contributed by atoms with Crippen molar-refractivity contribution in [2.75, 3.05) is 6.54 Å². The molecule has 0 aliphatic carbocycles. The standard InChI is InChI=1S/C21H26N2O2/c1-15-8-9-18(20(12-15)25-19-6-4-3-5-7-19)14-23-21(24)17-10-11-22-16(2)13-17/h3-9,12,16-17,22H,10-11,13-14H2,1-2H3,(H,23,24)/t16-,17-/m0/s1. The number of carbonyl (C=O) groups excluding carboxylic acids is 1. The van der Waals surface area contributed by atoms with Crippen LogP contribution in [0.4, 0.5) is 0 Å². The maximum Gasteiger partial charge on any atom is 0.223 e. The van der Waals surface area contributed by atoms with E-state index >= 15 is 0 Å².